The molecule has 18 heavy (non-hydrogen) atoms. The average Bonchev–Trinajstić information content (AvgIpc) is 2.35. The van der Waals surface area contributed by atoms with E-state index in [0.29, 0.717) is 11.1 Å². The van der Waals surface area contributed by atoms with Gasteiger partial charge in [0.05, 0.1) is 0 Å². The minimum atomic E-state index is -0.181. The SMILES string of the molecule is Cc1cc(C(=O)Nc2ccc(I)cc2)ccc1O. The Bertz CT molecular complexity index is 579. The number of benzene rings is 2. The van der Waals surface area contributed by atoms with Gasteiger partial charge in [-0.15, -0.1) is 0 Å². The largest absolute Gasteiger partial charge is 0.508 e. The topological polar surface area (TPSA) is 49.3 Å². The van der Waals surface area contributed by atoms with Gasteiger partial charge < -0.3 is 10.4 Å². The maximum atomic E-state index is 12.0. The second kappa shape index (κ2) is 5.39. The lowest BCUT2D eigenvalue weighted by atomic mass is 10.1. The molecule has 92 valence electrons. The van der Waals surface area contributed by atoms with Gasteiger partial charge in [0.15, 0.2) is 0 Å². The second-order valence-electron chi connectivity index (χ2n) is 3.96. The number of anilines is 1. The van der Waals surface area contributed by atoms with Gasteiger partial charge in [-0.2, -0.15) is 0 Å². The zero-order valence-corrected chi connectivity index (χ0v) is 11.9. The lowest BCUT2D eigenvalue weighted by molar-refractivity contribution is 0.102. The number of phenols is 1. The molecule has 2 aromatic rings. The van der Waals surface area contributed by atoms with Gasteiger partial charge in [-0.1, -0.05) is 0 Å². The first kappa shape index (κ1) is 12.9. The summed E-state index contributed by atoms with van der Waals surface area (Å²) in [5, 5.41) is 12.2. The maximum absolute atomic E-state index is 12.0. The van der Waals surface area contributed by atoms with Gasteiger partial charge in [0.1, 0.15) is 5.75 Å². The van der Waals surface area contributed by atoms with E-state index in [1.54, 1.807) is 19.1 Å². The summed E-state index contributed by atoms with van der Waals surface area (Å²) in [4.78, 5) is 12.0. The smallest absolute Gasteiger partial charge is 0.255 e. The van der Waals surface area contributed by atoms with Gasteiger partial charge in [-0.25, -0.2) is 0 Å². The number of rotatable bonds is 2. The van der Waals surface area contributed by atoms with Crippen LogP contribution in [0.5, 0.6) is 5.75 Å². The Kier molecular flexibility index (Phi) is 3.86. The molecule has 0 bridgehead atoms. The normalized spacial score (nSPS) is 10.1. The summed E-state index contributed by atoms with van der Waals surface area (Å²) < 4.78 is 1.12. The van der Waals surface area contributed by atoms with E-state index < -0.39 is 0 Å². The van der Waals surface area contributed by atoms with Crippen LogP contribution in [0.4, 0.5) is 5.69 Å². The zero-order chi connectivity index (χ0) is 13.1. The van der Waals surface area contributed by atoms with Gasteiger partial charge in [0, 0.05) is 14.8 Å². The maximum Gasteiger partial charge on any atom is 0.255 e. The number of nitrogens with one attached hydrogen (secondary N) is 1. The van der Waals surface area contributed by atoms with E-state index in [4.69, 9.17) is 0 Å². The van der Waals surface area contributed by atoms with Gasteiger partial charge in [-0.05, 0) is 77.5 Å². The molecule has 0 saturated heterocycles. The second-order valence-corrected chi connectivity index (χ2v) is 5.21. The molecule has 0 atom stereocenters. The first-order valence-electron chi connectivity index (χ1n) is 5.43. The molecule has 2 aromatic carbocycles. The highest BCUT2D eigenvalue weighted by Gasteiger charge is 2.07. The zero-order valence-electron chi connectivity index (χ0n) is 9.77. The van der Waals surface area contributed by atoms with Crippen molar-refractivity contribution in [2.45, 2.75) is 6.92 Å². The quantitative estimate of drug-likeness (QED) is 0.812. The van der Waals surface area contributed by atoms with E-state index in [-0.39, 0.29) is 11.7 Å². The molecule has 0 aliphatic heterocycles. The fourth-order valence-corrected chi connectivity index (χ4v) is 1.89. The molecule has 2 rings (SSSR count). The van der Waals surface area contributed by atoms with Gasteiger partial charge in [0.2, 0.25) is 0 Å². The van der Waals surface area contributed by atoms with Crippen molar-refractivity contribution in [2.24, 2.45) is 0 Å². The number of hydrogen-bond acceptors (Lipinski definition) is 2. The van der Waals surface area contributed by atoms with Crippen LogP contribution in [0.25, 0.3) is 0 Å². The highest BCUT2D eigenvalue weighted by atomic mass is 127. The number of aromatic hydroxyl groups is 1. The van der Waals surface area contributed by atoms with Gasteiger partial charge >= 0.3 is 0 Å². The fraction of sp³-hybridized carbons (Fsp3) is 0.0714. The number of hydrogen-bond donors (Lipinski definition) is 2. The summed E-state index contributed by atoms with van der Waals surface area (Å²) in [5.41, 5.74) is 1.97. The molecule has 0 fully saturated rings. The number of aryl methyl sites for hydroxylation is 1. The first-order valence-corrected chi connectivity index (χ1v) is 6.50. The van der Waals surface area contributed by atoms with E-state index in [0.717, 1.165) is 9.26 Å². The molecule has 0 unspecified atom stereocenters. The van der Waals surface area contributed by atoms with E-state index in [9.17, 15) is 9.90 Å². The first-order chi connectivity index (χ1) is 8.56. The molecule has 0 heterocycles. The average molecular weight is 353 g/mol. The van der Waals surface area contributed by atoms with Crippen LogP contribution in [0.15, 0.2) is 42.5 Å². The van der Waals surface area contributed by atoms with Crippen molar-refractivity contribution in [1.82, 2.24) is 0 Å². The van der Waals surface area contributed by atoms with Gasteiger partial charge in [0.25, 0.3) is 5.91 Å². The summed E-state index contributed by atoms with van der Waals surface area (Å²) >= 11 is 2.21. The van der Waals surface area contributed by atoms with E-state index in [1.165, 1.54) is 6.07 Å². The van der Waals surface area contributed by atoms with E-state index in [2.05, 4.69) is 27.9 Å². The molecule has 0 aromatic heterocycles. The third-order valence-corrected chi connectivity index (χ3v) is 3.28. The molecule has 4 heteroatoms. The van der Waals surface area contributed by atoms with Crippen LogP contribution in [0.2, 0.25) is 0 Å². The number of halogens is 1. The summed E-state index contributed by atoms with van der Waals surface area (Å²) in [5.74, 6) is 0.0140. The Morgan fingerprint density at radius 2 is 1.83 bits per heavy atom. The minimum absolute atomic E-state index is 0.181. The minimum Gasteiger partial charge on any atom is -0.508 e. The van der Waals surface area contributed by atoms with Crippen LogP contribution < -0.4 is 5.32 Å². The Morgan fingerprint density at radius 1 is 1.17 bits per heavy atom. The number of phenolic OH excluding ortho intramolecular Hbond substituents is 1. The van der Waals surface area contributed by atoms with Crippen molar-refractivity contribution in [2.75, 3.05) is 5.32 Å². The Balaban J connectivity index is 2.16. The third kappa shape index (κ3) is 3.01. The molecular weight excluding hydrogens is 341 g/mol. The van der Waals surface area contributed by atoms with Crippen molar-refractivity contribution < 1.29 is 9.90 Å². The number of carbonyl (C=O) groups is 1. The molecule has 3 nitrogen and oxygen atoms in total. The van der Waals surface area contributed by atoms with Gasteiger partial charge in [-0.3, -0.25) is 4.79 Å². The third-order valence-electron chi connectivity index (χ3n) is 2.56. The molecule has 0 aliphatic rings. The molecule has 1 amide bonds. The molecule has 0 aliphatic carbocycles. The highest BCUT2D eigenvalue weighted by molar-refractivity contribution is 14.1. The van der Waals surface area contributed by atoms with Crippen molar-refractivity contribution in [3.63, 3.8) is 0 Å². The van der Waals surface area contributed by atoms with Crippen LogP contribution in [0, 0.1) is 10.5 Å². The lowest BCUT2D eigenvalue weighted by Gasteiger charge is -2.06. The van der Waals surface area contributed by atoms with Crippen molar-refractivity contribution in [3.8, 4) is 5.75 Å². The standard InChI is InChI=1S/C14H12INO2/c1-9-8-10(2-7-13(9)17)14(18)16-12-5-3-11(15)4-6-12/h2-8,17H,1H3,(H,16,18). The summed E-state index contributed by atoms with van der Waals surface area (Å²) in [7, 11) is 0. The predicted molar refractivity (Wildman–Crippen MR) is 80.0 cm³/mol. The molecule has 0 radical (unpaired) electrons. The Morgan fingerprint density at radius 3 is 2.44 bits per heavy atom. The monoisotopic (exact) mass is 353 g/mol. The van der Waals surface area contributed by atoms with Crippen LogP contribution in [-0.2, 0) is 0 Å². The summed E-state index contributed by atoms with van der Waals surface area (Å²) in [6, 6.07) is 12.4. The number of carbonyl (C=O) groups excluding carboxylic acids is 1. The van der Waals surface area contributed by atoms with Crippen molar-refractivity contribution in [3.05, 3.63) is 57.2 Å². The lowest BCUT2D eigenvalue weighted by Crippen LogP contribution is -2.11. The molecular formula is C14H12INO2. The van der Waals surface area contributed by atoms with Crippen LogP contribution in [-0.4, -0.2) is 11.0 Å². The van der Waals surface area contributed by atoms with Crippen LogP contribution >= 0.6 is 22.6 Å². The predicted octanol–water partition coefficient (Wildman–Crippen LogP) is 3.56. The molecule has 2 N–H and O–H groups in total. The van der Waals surface area contributed by atoms with E-state index in [1.807, 2.05) is 24.3 Å². The molecule has 0 saturated carbocycles. The van der Waals surface area contributed by atoms with Crippen molar-refractivity contribution in [1.29, 1.82) is 0 Å². The fourth-order valence-electron chi connectivity index (χ4n) is 1.53. The summed E-state index contributed by atoms with van der Waals surface area (Å²) in [6.07, 6.45) is 0. The highest BCUT2D eigenvalue weighted by Crippen LogP contribution is 2.18. The summed E-state index contributed by atoms with van der Waals surface area (Å²) in [6.45, 7) is 1.76. The van der Waals surface area contributed by atoms with E-state index >= 15 is 0 Å². The Hall–Kier alpha value is -1.56. The van der Waals surface area contributed by atoms with Crippen molar-refractivity contribution >= 4 is 34.2 Å². The Labute approximate surface area is 119 Å². The number of amides is 1. The molecule has 0 spiro atoms. The van der Waals surface area contributed by atoms with Crippen LogP contribution in [0.1, 0.15) is 15.9 Å². The van der Waals surface area contributed by atoms with Crippen LogP contribution in [0.3, 0.4) is 0 Å².